The first-order valence-corrected chi connectivity index (χ1v) is 12.2. The Morgan fingerprint density at radius 3 is 2.23 bits per heavy atom. The maximum Gasteiger partial charge on any atom is 0.327 e. The number of hydrogen-bond acceptors (Lipinski definition) is 10. The lowest BCUT2D eigenvalue weighted by atomic mass is 9.93. The van der Waals surface area contributed by atoms with Gasteiger partial charge in [0.25, 0.3) is 0 Å². The molecule has 1 rings (SSSR count). The Morgan fingerprint density at radius 2 is 1.73 bits per heavy atom. The summed E-state index contributed by atoms with van der Waals surface area (Å²) < 4.78 is 61.8. The summed E-state index contributed by atoms with van der Waals surface area (Å²) in [5.41, 5.74) is 5.60. The third kappa shape index (κ3) is 7.32. The van der Waals surface area contributed by atoms with Crippen LogP contribution in [-0.2, 0) is 41.4 Å². The van der Waals surface area contributed by atoms with Crippen LogP contribution < -0.4 is 5.73 Å². The molecular weight excluding hydrogens is 387 g/mol. The minimum absolute atomic E-state index is 0.0786. The van der Waals surface area contributed by atoms with Crippen LogP contribution in [0.3, 0.4) is 0 Å². The summed E-state index contributed by atoms with van der Waals surface area (Å²) in [5, 5.41) is 0. The predicted octanol–water partition coefficient (Wildman–Crippen LogP) is 0.0437. The maximum absolute atomic E-state index is 12.3. The van der Waals surface area contributed by atoms with E-state index < -0.39 is 33.5 Å². The number of ether oxygens (including phenoxy) is 3. The Labute approximate surface area is 155 Å². The van der Waals surface area contributed by atoms with E-state index in [1.54, 1.807) is 7.85 Å². The largest absolute Gasteiger partial charge is 0.378 e. The average molecular weight is 417 g/mol. The molecular formula is C13H30BNO9P2. The molecule has 0 aliphatic carbocycles. The van der Waals surface area contributed by atoms with Crippen molar-refractivity contribution in [2.75, 3.05) is 54.4 Å². The van der Waals surface area contributed by atoms with E-state index >= 15 is 0 Å². The van der Waals surface area contributed by atoms with Gasteiger partial charge in [-0.3, -0.25) is 13.7 Å². The van der Waals surface area contributed by atoms with E-state index in [0.29, 0.717) is 0 Å². The standard InChI is InChI=1S/C13H30BNO9P2/c1-18-9(6-15)7-21-12-11(24-26(5,17)20-3)10(23-13(12)14)8-22-25(4,16)19-2/h9-13H,6-8,14-15H2,1-5H3/t9?,10-,11?,12+,13-,25?,26?/m1/s1. The molecule has 0 aromatic heterocycles. The second-order valence-electron chi connectivity index (χ2n) is 6.04. The number of rotatable bonds is 12. The molecule has 1 aliphatic rings. The van der Waals surface area contributed by atoms with Crippen LogP contribution in [0.25, 0.3) is 0 Å². The molecule has 0 bridgehead atoms. The van der Waals surface area contributed by atoms with Gasteiger partial charge in [0.05, 0.1) is 25.3 Å². The highest BCUT2D eigenvalue weighted by Gasteiger charge is 2.47. The molecule has 1 saturated heterocycles. The Bertz CT molecular complexity index is 522. The third-order valence-corrected chi connectivity index (χ3v) is 6.63. The van der Waals surface area contributed by atoms with Crippen molar-refractivity contribution in [2.45, 2.75) is 30.4 Å². The molecule has 0 spiro atoms. The Balaban J connectivity index is 2.88. The average Bonchev–Trinajstić information content (AvgIpc) is 2.89. The van der Waals surface area contributed by atoms with Gasteiger partial charge in [-0.05, 0) is 0 Å². The smallest absolute Gasteiger partial charge is 0.327 e. The van der Waals surface area contributed by atoms with Crippen molar-refractivity contribution in [1.82, 2.24) is 0 Å². The molecule has 1 fully saturated rings. The van der Waals surface area contributed by atoms with Crippen LogP contribution in [-0.4, -0.2) is 92.7 Å². The summed E-state index contributed by atoms with van der Waals surface area (Å²) in [6.45, 7) is 3.12. The van der Waals surface area contributed by atoms with E-state index in [2.05, 4.69) is 0 Å². The van der Waals surface area contributed by atoms with Crippen molar-refractivity contribution in [2.24, 2.45) is 5.73 Å². The SMILES string of the molecule is B[C@@H]1O[C@H](COP(C)(=O)OC)C(OP(C)(=O)OC)[C@@H]1OCC(CN)OC. The van der Waals surface area contributed by atoms with Crippen LogP contribution in [0.1, 0.15) is 0 Å². The van der Waals surface area contributed by atoms with Gasteiger partial charge in [-0.15, -0.1) is 0 Å². The topological polar surface area (TPSA) is 125 Å². The Morgan fingerprint density at radius 1 is 1.12 bits per heavy atom. The highest BCUT2D eigenvalue weighted by Crippen LogP contribution is 2.48. The molecule has 154 valence electrons. The molecule has 0 aromatic rings. The zero-order valence-corrected chi connectivity index (χ0v) is 17.9. The van der Waals surface area contributed by atoms with E-state index in [4.69, 9.17) is 38.0 Å². The molecule has 0 saturated carbocycles. The lowest BCUT2D eigenvalue weighted by molar-refractivity contribution is -0.0585. The van der Waals surface area contributed by atoms with Gasteiger partial charge in [-0.1, -0.05) is 0 Å². The molecule has 0 radical (unpaired) electrons. The minimum Gasteiger partial charge on any atom is -0.378 e. The first-order valence-electron chi connectivity index (χ1n) is 8.18. The summed E-state index contributed by atoms with van der Waals surface area (Å²) in [6, 6.07) is -0.389. The molecule has 1 aliphatic heterocycles. The van der Waals surface area contributed by atoms with Gasteiger partial charge in [0.15, 0.2) is 0 Å². The van der Waals surface area contributed by atoms with Gasteiger partial charge in [0, 0.05) is 41.2 Å². The molecule has 0 amide bonds. The second-order valence-corrected chi connectivity index (χ2v) is 10.3. The summed E-state index contributed by atoms with van der Waals surface area (Å²) in [5.74, 6) is 0. The highest BCUT2D eigenvalue weighted by molar-refractivity contribution is 7.53. The zero-order valence-electron chi connectivity index (χ0n) is 16.2. The number of methoxy groups -OCH3 is 1. The van der Waals surface area contributed by atoms with Gasteiger partial charge < -0.3 is 33.5 Å². The summed E-state index contributed by atoms with van der Waals surface area (Å²) in [6.07, 6.45) is -2.28. The minimum atomic E-state index is -3.33. The van der Waals surface area contributed by atoms with Crippen molar-refractivity contribution in [1.29, 1.82) is 0 Å². The van der Waals surface area contributed by atoms with Crippen molar-refractivity contribution < 1.29 is 41.4 Å². The lowest BCUT2D eigenvalue weighted by Gasteiger charge is -2.27. The van der Waals surface area contributed by atoms with E-state index in [1.807, 2.05) is 0 Å². The lowest BCUT2D eigenvalue weighted by Crippen LogP contribution is -2.41. The molecule has 26 heavy (non-hydrogen) atoms. The van der Waals surface area contributed by atoms with Crippen LogP contribution >= 0.6 is 15.2 Å². The highest BCUT2D eigenvalue weighted by atomic mass is 31.2. The Hall–Kier alpha value is 0.205. The zero-order chi connectivity index (χ0) is 20.0. The second kappa shape index (κ2) is 10.7. The molecule has 4 unspecified atom stereocenters. The molecule has 13 heteroatoms. The number of nitrogens with two attached hydrogens (primary N) is 1. The molecule has 2 N–H and O–H groups in total. The third-order valence-electron chi connectivity index (χ3n) is 4.06. The van der Waals surface area contributed by atoms with E-state index in [0.717, 1.165) is 0 Å². The van der Waals surface area contributed by atoms with Gasteiger partial charge in [-0.25, -0.2) is 0 Å². The van der Waals surface area contributed by atoms with Gasteiger partial charge in [0.1, 0.15) is 26.2 Å². The van der Waals surface area contributed by atoms with Gasteiger partial charge >= 0.3 is 15.2 Å². The van der Waals surface area contributed by atoms with Crippen molar-refractivity contribution in [3.63, 3.8) is 0 Å². The van der Waals surface area contributed by atoms with Crippen molar-refractivity contribution in [3.8, 4) is 0 Å². The van der Waals surface area contributed by atoms with E-state index in [-0.39, 0.29) is 31.9 Å². The van der Waals surface area contributed by atoms with Crippen molar-refractivity contribution >= 4 is 23.0 Å². The summed E-state index contributed by atoms with van der Waals surface area (Å²) in [7, 11) is -0.617. The van der Waals surface area contributed by atoms with Gasteiger partial charge in [-0.2, -0.15) is 0 Å². The van der Waals surface area contributed by atoms with Gasteiger partial charge in [0.2, 0.25) is 0 Å². The van der Waals surface area contributed by atoms with Crippen LogP contribution in [0.2, 0.25) is 0 Å². The van der Waals surface area contributed by atoms with E-state index in [1.165, 1.54) is 34.7 Å². The molecule has 1 heterocycles. The van der Waals surface area contributed by atoms with Crippen LogP contribution in [0.4, 0.5) is 0 Å². The maximum atomic E-state index is 12.3. The fraction of sp³-hybridized carbons (Fsp3) is 1.00. The Kier molecular flexibility index (Phi) is 9.95. The molecule has 10 nitrogen and oxygen atoms in total. The summed E-state index contributed by atoms with van der Waals surface area (Å²) in [4.78, 5) is 0. The first-order chi connectivity index (χ1) is 12.1. The van der Waals surface area contributed by atoms with Crippen LogP contribution in [0.5, 0.6) is 0 Å². The molecule has 7 atom stereocenters. The normalized spacial score (nSPS) is 32.1. The quantitative estimate of drug-likeness (QED) is 0.344. The number of hydrogen-bond donors (Lipinski definition) is 1. The fourth-order valence-electron chi connectivity index (χ4n) is 2.38. The van der Waals surface area contributed by atoms with Crippen LogP contribution in [0, 0.1) is 0 Å². The fourth-order valence-corrected chi connectivity index (χ4v) is 3.69. The van der Waals surface area contributed by atoms with E-state index in [9.17, 15) is 9.13 Å². The monoisotopic (exact) mass is 417 g/mol. The molecule has 0 aromatic carbocycles. The van der Waals surface area contributed by atoms with Crippen molar-refractivity contribution in [3.05, 3.63) is 0 Å². The van der Waals surface area contributed by atoms with Crippen LogP contribution in [0.15, 0.2) is 0 Å². The first kappa shape index (κ1) is 24.2. The summed E-state index contributed by atoms with van der Waals surface area (Å²) >= 11 is 0. The predicted molar refractivity (Wildman–Crippen MR) is 98.7 cm³/mol.